The number of alkyl halides is 1. The van der Waals surface area contributed by atoms with Gasteiger partial charge in [-0.1, -0.05) is 50.0 Å². The van der Waals surface area contributed by atoms with Gasteiger partial charge in [0, 0.05) is 25.4 Å². The van der Waals surface area contributed by atoms with Gasteiger partial charge in [0.05, 0.1) is 12.2 Å². The van der Waals surface area contributed by atoms with Crippen LogP contribution in [-0.4, -0.2) is 42.2 Å². The molecule has 0 unspecified atom stereocenters. The molecule has 0 amide bonds. The van der Waals surface area contributed by atoms with Gasteiger partial charge in [0.1, 0.15) is 11.7 Å². The molecule has 4 nitrogen and oxygen atoms in total. The topological polar surface area (TPSA) is 31.7 Å². The summed E-state index contributed by atoms with van der Waals surface area (Å²) in [6.45, 7) is 14.7. The monoisotopic (exact) mass is 442 g/mol. The van der Waals surface area contributed by atoms with Gasteiger partial charge in [0.2, 0.25) is 0 Å². The summed E-state index contributed by atoms with van der Waals surface area (Å²) in [6, 6.07) is 0. The molecule has 1 aliphatic heterocycles. The van der Waals surface area contributed by atoms with Gasteiger partial charge in [0.25, 0.3) is 0 Å². The van der Waals surface area contributed by atoms with E-state index in [1.54, 1.807) is 11.3 Å². The zero-order valence-electron chi connectivity index (χ0n) is 18.6. The van der Waals surface area contributed by atoms with E-state index in [-0.39, 0.29) is 0 Å². The fourth-order valence-corrected chi connectivity index (χ4v) is 3.93. The predicted octanol–water partition coefficient (Wildman–Crippen LogP) is 6.43. The summed E-state index contributed by atoms with van der Waals surface area (Å²) >= 11 is 7.46. The van der Waals surface area contributed by atoms with Crippen LogP contribution in [0.5, 0.6) is 0 Å². The fraction of sp³-hybridized carbons (Fsp3) is 0.333. The van der Waals surface area contributed by atoms with E-state index in [9.17, 15) is 0 Å². The molecule has 0 aliphatic carbocycles. The number of nitrogens with zero attached hydrogens (tertiary/aromatic N) is 4. The van der Waals surface area contributed by atoms with E-state index in [0.29, 0.717) is 12.4 Å². The second kappa shape index (κ2) is 11.1. The minimum Gasteiger partial charge on any atom is -0.316 e. The molecule has 6 heteroatoms. The number of amidine groups is 1. The number of halogens is 1. The van der Waals surface area contributed by atoms with Crippen molar-refractivity contribution in [3.8, 4) is 0 Å². The lowest BCUT2D eigenvalue weighted by Crippen LogP contribution is -2.38. The molecular formula is C24H31ClN4S. The van der Waals surface area contributed by atoms with Crippen LogP contribution in [0, 0.1) is 0 Å². The van der Waals surface area contributed by atoms with Gasteiger partial charge < -0.3 is 9.80 Å². The minimum absolute atomic E-state index is 0.419. The zero-order chi connectivity index (χ0) is 22.3. The number of allylic oxidation sites excluding steroid dienone is 7. The molecule has 0 spiro atoms. The quantitative estimate of drug-likeness (QED) is 0.326. The summed E-state index contributed by atoms with van der Waals surface area (Å²) in [5.41, 5.74) is 5.15. The Hall–Kier alpha value is -2.37. The summed E-state index contributed by atoms with van der Waals surface area (Å²) in [5, 5.41) is 3.02. The highest BCUT2D eigenvalue weighted by Crippen LogP contribution is 2.31. The van der Waals surface area contributed by atoms with Gasteiger partial charge >= 0.3 is 0 Å². The molecule has 0 bridgehead atoms. The van der Waals surface area contributed by atoms with Crippen molar-refractivity contribution < 1.29 is 0 Å². The molecule has 0 radical (unpaired) electrons. The lowest BCUT2D eigenvalue weighted by atomic mass is 10.1. The number of likely N-dealkylation sites (N-methyl/N-ethyl adjacent to an activating group) is 1. The number of hydrogen-bond donors (Lipinski definition) is 0. The Kier molecular flexibility index (Phi) is 8.88. The average molecular weight is 443 g/mol. The van der Waals surface area contributed by atoms with Crippen molar-refractivity contribution in [3.63, 3.8) is 0 Å². The molecule has 160 valence electrons. The SMILES string of the molecule is C=C(C)/C=C\C1=NCC(CC)=C(N(C)c2nc(C(/C=C\C(=C)CCl)=C/C)cs2)N1C. The summed E-state index contributed by atoms with van der Waals surface area (Å²) in [7, 11) is 4.12. The van der Waals surface area contributed by atoms with Crippen LogP contribution in [0.3, 0.4) is 0 Å². The molecule has 1 aromatic heterocycles. The summed E-state index contributed by atoms with van der Waals surface area (Å²) in [4.78, 5) is 13.9. The largest absolute Gasteiger partial charge is 0.316 e. The highest BCUT2D eigenvalue weighted by atomic mass is 35.5. The van der Waals surface area contributed by atoms with Crippen molar-refractivity contribution >= 4 is 39.5 Å². The normalized spacial score (nSPS) is 15.3. The van der Waals surface area contributed by atoms with Gasteiger partial charge in [-0.3, -0.25) is 4.99 Å². The van der Waals surface area contributed by atoms with E-state index >= 15 is 0 Å². The van der Waals surface area contributed by atoms with Crippen molar-refractivity contribution in [2.24, 2.45) is 4.99 Å². The number of aliphatic imine (C=N–C) groups is 1. The van der Waals surface area contributed by atoms with Crippen LogP contribution in [0.4, 0.5) is 5.13 Å². The number of aromatic nitrogens is 1. The maximum Gasteiger partial charge on any atom is 0.191 e. The van der Waals surface area contributed by atoms with E-state index in [1.165, 1.54) is 5.57 Å². The Morgan fingerprint density at radius 3 is 2.67 bits per heavy atom. The van der Waals surface area contributed by atoms with Gasteiger partial charge in [-0.2, -0.15) is 0 Å². The fourth-order valence-electron chi connectivity index (χ4n) is 3.04. The average Bonchev–Trinajstić information content (AvgIpc) is 3.22. The zero-order valence-corrected chi connectivity index (χ0v) is 20.1. The van der Waals surface area contributed by atoms with Crippen molar-refractivity contribution in [1.29, 1.82) is 0 Å². The Labute approximate surface area is 190 Å². The molecule has 1 aliphatic rings. The van der Waals surface area contributed by atoms with Crippen LogP contribution in [0.15, 0.2) is 76.5 Å². The van der Waals surface area contributed by atoms with E-state index < -0.39 is 0 Å². The predicted molar refractivity (Wildman–Crippen MR) is 135 cm³/mol. The first kappa shape index (κ1) is 23.9. The lowest BCUT2D eigenvalue weighted by molar-refractivity contribution is 0.569. The number of anilines is 1. The first-order valence-electron chi connectivity index (χ1n) is 9.93. The molecule has 2 rings (SSSR count). The molecule has 2 heterocycles. The molecule has 30 heavy (non-hydrogen) atoms. The highest BCUT2D eigenvalue weighted by Gasteiger charge is 2.24. The highest BCUT2D eigenvalue weighted by molar-refractivity contribution is 7.13. The van der Waals surface area contributed by atoms with E-state index in [2.05, 4.69) is 49.4 Å². The van der Waals surface area contributed by atoms with Crippen LogP contribution < -0.4 is 4.90 Å². The Morgan fingerprint density at radius 1 is 1.33 bits per heavy atom. The third kappa shape index (κ3) is 5.83. The maximum absolute atomic E-state index is 5.83. The van der Waals surface area contributed by atoms with Gasteiger partial charge in [-0.05, 0) is 43.1 Å². The van der Waals surface area contributed by atoms with E-state index in [4.69, 9.17) is 21.6 Å². The van der Waals surface area contributed by atoms with E-state index in [1.807, 2.05) is 44.2 Å². The second-order valence-corrected chi connectivity index (χ2v) is 8.24. The van der Waals surface area contributed by atoms with Crippen LogP contribution in [0.1, 0.15) is 32.9 Å². The number of thiazole rings is 1. The van der Waals surface area contributed by atoms with Gasteiger partial charge in [0.15, 0.2) is 5.13 Å². The number of rotatable bonds is 9. The Bertz CT molecular complexity index is 946. The first-order chi connectivity index (χ1) is 14.3. The molecule has 0 fully saturated rings. The van der Waals surface area contributed by atoms with Crippen LogP contribution in [0.2, 0.25) is 0 Å². The van der Waals surface area contributed by atoms with Gasteiger partial charge in [-0.25, -0.2) is 4.98 Å². The standard InChI is InChI=1S/C24H31ClN4S/c1-8-19(12-11-18(5)14-25)21-16-30-24(27-21)29(7)23-20(9-2)15-26-22(28(23)6)13-10-17(3)4/h8,10-13,16H,3,5,9,14-15H2,1-2,4,6-7H3/b12-11-,13-10-,19-8+. The van der Waals surface area contributed by atoms with Crippen LogP contribution in [0.25, 0.3) is 5.57 Å². The minimum atomic E-state index is 0.419. The lowest BCUT2D eigenvalue weighted by Gasteiger charge is -2.34. The molecule has 0 atom stereocenters. The van der Waals surface area contributed by atoms with Crippen molar-refractivity contribution in [3.05, 3.63) is 77.2 Å². The summed E-state index contributed by atoms with van der Waals surface area (Å²) < 4.78 is 0. The van der Waals surface area contributed by atoms with Crippen molar-refractivity contribution in [2.75, 3.05) is 31.4 Å². The molecule has 0 aromatic carbocycles. The summed E-state index contributed by atoms with van der Waals surface area (Å²) in [5.74, 6) is 2.47. The van der Waals surface area contributed by atoms with Gasteiger partial charge in [-0.15, -0.1) is 22.9 Å². The molecule has 0 saturated heterocycles. The second-order valence-electron chi connectivity index (χ2n) is 7.14. The maximum atomic E-state index is 5.83. The Morgan fingerprint density at radius 2 is 2.07 bits per heavy atom. The summed E-state index contributed by atoms with van der Waals surface area (Å²) in [6.07, 6.45) is 10.9. The number of hydrogen-bond acceptors (Lipinski definition) is 5. The smallest absolute Gasteiger partial charge is 0.191 e. The third-order valence-electron chi connectivity index (χ3n) is 4.73. The molecule has 0 N–H and O–H groups in total. The molecular weight excluding hydrogens is 412 g/mol. The molecule has 1 aromatic rings. The van der Waals surface area contributed by atoms with Crippen molar-refractivity contribution in [1.82, 2.24) is 9.88 Å². The van der Waals surface area contributed by atoms with E-state index in [0.717, 1.165) is 45.6 Å². The van der Waals surface area contributed by atoms with Crippen molar-refractivity contribution in [2.45, 2.75) is 27.2 Å². The molecule has 0 saturated carbocycles. The third-order valence-corrected chi connectivity index (χ3v) is 5.99. The first-order valence-corrected chi connectivity index (χ1v) is 11.3. The Balaban J connectivity index is 2.31. The van der Waals surface area contributed by atoms with Crippen LogP contribution in [-0.2, 0) is 0 Å². The van der Waals surface area contributed by atoms with Crippen LogP contribution >= 0.6 is 22.9 Å².